The van der Waals surface area contributed by atoms with Gasteiger partial charge in [-0.25, -0.2) is 0 Å². The normalized spacial score (nSPS) is 18.4. The number of fused-ring (bicyclic) bond motifs is 1. The Hall–Kier alpha value is -1.22. The zero-order valence-electron chi connectivity index (χ0n) is 9.12. The Morgan fingerprint density at radius 1 is 1.53 bits per heavy atom. The van der Waals surface area contributed by atoms with E-state index in [-0.39, 0.29) is 0 Å². The quantitative estimate of drug-likeness (QED) is 0.789. The summed E-state index contributed by atoms with van der Waals surface area (Å²) >= 11 is 0. The first-order chi connectivity index (χ1) is 7.33. The Balaban J connectivity index is 2.09. The van der Waals surface area contributed by atoms with Gasteiger partial charge in [-0.15, -0.1) is 0 Å². The maximum Gasteiger partial charge on any atom is 0.119 e. The zero-order valence-corrected chi connectivity index (χ0v) is 9.12. The van der Waals surface area contributed by atoms with Crippen molar-refractivity contribution in [2.24, 2.45) is 5.73 Å². The highest BCUT2D eigenvalue weighted by Crippen LogP contribution is 2.30. The highest BCUT2D eigenvalue weighted by molar-refractivity contribution is 5.59. The van der Waals surface area contributed by atoms with Crippen LogP contribution in [0, 0.1) is 0 Å². The topological polar surface area (TPSA) is 47.3 Å². The molecule has 0 aromatic heterocycles. The van der Waals surface area contributed by atoms with E-state index in [1.165, 1.54) is 11.3 Å². The Morgan fingerprint density at radius 3 is 3.13 bits per heavy atom. The van der Waals surface area contributed by atoms with Crippen molar-refractivity contribution in [3.63, 3.8) is 0 Å². The largest absolute Gasteiger partial charge is 0.494 e. The molecular formula is C12H18N2O. The molecule has 1 aliphatic heterocycles. The minimum Gasteiger partial charge on any atom is -0.494 e. The van der Waals surface area contributed by atoms with Gasteiger partial charge in [0.15, 0.2) is 0 Å². The van der Waals surface area contributed by atoms with E-state index in [0.29, 0.717) is 6.04 Å². The van der Waals surface area contributed by atoms with Gasteiger partial charge in [0.25, 0.3) is 0 Å². The SMILES string of the molecule is CCOc1ccc2c(c1)CC(CCN)N2. The standard InChI is InChI=1S/C12H18N2O/c1-2-15-11-3-4-12-9(8-11)7-10(14-12)5-6-13/h3-4,8,10,14H,2,5-7,13H2,1H3. The number of nitrogens with two attached hydrogens (primary N) is 1. The summed E-state index contributed by atoms with van der Waals surface area (Å²) in [5.41, 5.74) is 8.14. The summed E-state index contributed by atoms with van der Waals surface area (Å²) < 4.78 is 5.47. The van der Waals surface area contributed by atoms with Crippen LogP contribution in [0.4, 0.5) is 5.69 Å². The van der Waals surface area contributed by atoms with Crippen LogP contribution in [0.15, 0.2) is 18.2 Å². The minimum atomic E-state index is 0.502. The van der Waals surface area contributed by atoms with Crippen molar-refractivity contribution in [1.82, 2.24) is 0 Å². The average molecular weight is 206 g/mol. The molecule has 0 spiro atoms. The van der Waals surface area contributed by atoms with Crippen LogP contribution in [-0.4, -0.2) is 19.2 Å². The lowest BCUT2D eigenvalue weighted by Gasteiger charge is -2.08. The summed E-state index contributed by atoms with van der Waals surface area (Å²) in [5, 5.41) is 3.47. The molecule has 3 nitrogen and oxygen atoms in total. The highest BCUT2D eigenvalue weighted by Gasteiger charge is 2.19. The van der Waals surface area contributed by atoms with Crippen LogP contribution in [0.2, 0.25) is 0 Å². The summed E-state index contributed by atoms with van der Waals surface area (Å²) in [6.45, 7) is 3.46. The fourth-order valence-corrected chi connectivity index (χ4v) is 2.05. The van der Waals surface area contributed by atoms with Gasteiger partial charge in [-0.2, -0.15) is 0 Å². The molecule has 15 heavy (non-hydrogen) atoms. The molecule has 1 unspecified atom stereocenters. The van der Waals surface area contributed by atoms with Gasteiger partial charge in [-0.05, 0) is 50.1 Å². The second kappa shape index (κ2) is 4.53. The van der Waals surface area contributed by atoms with Gasteiger partial charge in [-0.3, -0.25) is 0 Å². The third-order valence-electron chi connectivity index (χ3n) is 2.73. The van der Waals surface area contributed by atoms with Crippen LogP contribution in [-0.2, 0) is 6.42 Å². The summed E-state index contributed by atoms with van der Waals surface area (Å²) in [7, 11) is 0. The monoisotopic (exact) mass is 206 g/mol. The van der Waals surface area contributed by atoms with Gasteiger partial charge in [0.2, 0.25) is 0 Å². The summed E-state index contributed by atoms with van der Waals surface area (Å²) in [6, 6.07) is 6.74. The molecule has 0 bridgehead atoms. The number of benzene rings is 1. The summed E-state index contributed by atoms with van der Waals surface area (Å²) in [5.74, 6) is 0.964. The van der Waals surface area contributed by atoms with Crippen molar-refractivity contribution in [3.05, 3.63) is 23.8 Å². The van der Waals surface area contributed by atoms with E-state index in [1.807, 2.05) is 13.0 Å². The van der Waals surface area contributed by atoms with Crippen LogP contribution < -0.4 is 15.8 Å². The third-order valence-corrected chi connectivity index (χ3v) is 2.73. The van der Waals surface area contributed by atoms with Crippen molar-refractivity contribution in [3.8, 4) is 5.75 Å². The molecule has 1 aromatic rings. The average Bonchev–Trinajstić information content (AvgIpc) is 2.60. The number of anilines is 1. The predicted octanol–water partition coefficient (Wildman–Crippen LogP) is 1.77. The van der Waals surface area contributed by atoms with E-state index >= 15 is 0 Å². The van der Waals surface area contributed by atoms with Crippen LogP contribution in [0.25, 0.3) is 0 Å². The van der Waals surface area contributed by atoms with E-state index in [4.69, 9.17) is 10.5 Å². The Labute approximate surface area is 90.6 Å². The predicted molar refractivity (Wildman–Crippen MR) is 62.4 cm³/mol. The van der Waals surface area contributed by atoms with Crippen LogP contribution in [0.1, 0.15) is 18.9 Å². The lowest BCUT2D eigenvalue weighted by Crippen LogP contribution is -2.19. The molecule has 3 heteroatoms. The highest BCUT2D eigenvalue weighted by atomic mass is 16.5. The minimum absolute atomic E-state index is 0.502. The van der Waals surface area contributed by atoms with E-state index in [2.05, 4.69) is 17.4 Å². The van der Waals surface area contributed by atoms with Gasteiger partial charge >= 0.3 is 0 Å². The van der Waals surface area contributed by atoms with Crippen molar-refractivity contribution in [2.75, 3.05) is 18.5 Å². The van der Waals surface area contributed by atoms with Crippen LogP contribution >= 0.6 is 0 Å². The number of nitrogens with one attached hydrogen (secondary N) is 1. The first kappa shape index (κ1) is 10.3. The van der Waals surface area contributed by atoms with Crippen LogP contribution in [0.5, 0.6) is 5.75 Å². The number of hydrogen-bond donors (Lipinski definition) is 2. The molecule has 1 atom stereocenters. The lowest BCUT2D eigenvalue weighted by molar-refractivity contribution is 0.340. The van der Waals surface area contributed by atoms with Crippen molar-refractivity contribution in [2.45, 2.75) is 25.8 Å². The van der Waals surface area contributed by atoms with E-state index in [9.17, 15) is 0 Å². The molecular weight excluding hydrogens is 188 g/mol. The Morgan fingerprint density at radius 2 is 2.40 bits per heavy atom. The summed E-state index contributed by atoms with van der Waals surface area (Å²) in [4.78, 5) is 0. The van der Waals surface area contributed by atoms with E-state index < -0.39 is 0 Å². The fourth-order valence-electron chi connectivity index (χ4n) is 2.05. The first-order valence-corrected chi connectivity index (χ1v) is 5.55. The fraction of sp³-hybridized carbons (Fsp3) is 0.500. The molecule has 82 valence electrons. The molecule has 0 fully saturated rings. The molecule has 1 heterocycles. The van der Waals surface area contributed by atoms with Crippen molar-refractivity contribution < 1.29 is 4.74 Å². The summed E-state index contributed by atoms with van der Waals surface area (Å²) in [6.07, 6.45) is 2.09. The van der Waals surface area contributed by atoms with Crippen molar-refractivity contribution in [1.29, 1.82) is 0 Å². The molecule has 2 rings (SSSR count). The first-order valence-electron chi connectivity index (χ1n) is 5.55. The Bertz CT molecular complexity index is 338. The van der Waals surface area contributed by atoms with Crippen LogP contribution in [0.3, 0.4) is 0 Å². The Kier molecular flexibility index (Phi) is 3.11. The van der Waals surface area contributed by atoms with Gasteiger partial charge < -0.3 is 15.8 Å². The van der Waals surface area contributed by atoms with Gasteiger partial charge in [0, 0.05) is 11.7 Å². The molecule has 1 aliphatic rings. The van der Waals surface area contributed by atoms with Gasteiger partial charge in [-0.1, -0.05) is 0 Å². The smallest absolute Gasteiger partial charge is 0.119 e. The van der Waals surface area contributed by atoms with Gasteiger partial charge in [0.05, 0.1) is 6.61 Å². The molecule has 0 radical (unpaired) electrons. The maximum atomic E-state index is 5.56. The number of rotatable bonds is 4. The molecule has 0 saturated carbocycles. The molecule has 1 aromatic carbocycles. The molecule has 0 saturated heterocycles. The van der Waals surface area contributed by atoms with Crippen molar-refractivity contribution >= 4 is 5.69 Å². The lowest BCUT2D eigenvalue weighted by atomic mass is 10.1. The zero-order chi connectivity index (χ0) is 10.7. The number of hydrogen-bond acceptors (Lipinski definition) is 3. The molecule has 0 amide bonds. The molecule has 0 aliphatic carbocycles. The van der Waals surface area contributed by atoms with E-state index in [0.717, 1.165) is 31.7 Å². The second-order valence-corrected chi connectivity index (χ2v) is 3.87. The second-order valence-electron chi connectivity index (χ2n) is 3.87. The van der Waals surface area contributed by atoms with Gasteiger partial charge in [0.1, 0.15) is 5.75 Å². The van der Waals surface area contributed by atoms with E-state index in [1.54, 1.807) is 0 Å². The molecule has 3 N–H and O–H groups in total. The maximum absolute atomic E-state index is 5.56. The number of ether oxygens (including phenoxy) is 1. The third kappa shape index (κ3) is 2.23.